The highest BCUT2D eigenvalue weighted by Crippen LogP contribution is 2.18. The van der Waals surface area contributed by atoms with Gasteiger partial charge in [-0.15, -0.1) is 0 Å². The average Bonchev–Trinajstić information content (AvgIpc) is 2.41. The summed E-state index contributed by atoms with van der Waals surface area (Å²) in [6, 6.07) is 3.94. The van der Waals surface area contributed by atoms with Crippen LogP contribution in [0, 0.1) is 5.82 Å². The number of nitrogens with one attached hydrogen (secondary N) is 2. The van der Waals surface area contributed by atoms with Crippen molar-refractivity contribution in [2.75, 3.05) is 18.8 Å². The molecule has 21 heavy (non-hydrogen) atoms. The number of amides is 1. The van der Waals surface area contributed by atoms with E-state index in [4.69, 9.17) is 11.6 Å². The first-order chi connectivity index (χ1) is 9.87. The lowest BCUT2D eigenvalue weighted by Crippen LogP contribution is -2.36. The molecule has 5 nitrogen and oxygen atoms in total. The summed E-state index contributed by atoms with van der Waals surface area (Å²) in [6.07, 6.45) is 1.36. The molecule has 0 saturated heterocycles. The van der Waals surface area contributed by atoms with Crippen molar-refractivity contribution in [3.63, 3.8) is 0 Å². The molecule has 1 aromatic rings. The van der Waals surface area contributed by atoms with Gasteiger partial charge in [-0.25, -0.2) is 17.5 Å². The van der Waals surface area contributed by atoms with Crippen LogP contribution in [-0.2, 0) is 10.0 Å². The fourth-order valence-electron chi connectivity index (χ4n) is 1.59. The second kappa shape index (κ2) is 8.31. The maximum atomic E-state index is 13.5. The number of hydrogen-bond acceptors (Lipinski definition) is 3. The maximum Gasteiger partial charge on any atom is 0.255 e. The van der Waals surface area contributed by atoms with Crippen molar-refractivity contribution in [3.8, 4) is 0 Å². The number of halogens is 2. The second-order valence-electron chi connectivity index (χ2n) is 4.42. The van der Waals surface area contributed by atoms with Gasteiger partial charge >= 0.3 is 0 Å². The van der Waals surface area contributed by atoms with Crippen LogP contribution in [0.3, 0.4) is 0 Å². The number of carbonyl (C=O) groups excluding carboxylic acids is 1. The molecule has 2 N–H and O–H groups in total. The zero-order chi connectivity index (χ0) is 15.9. The minimum Gasteiger partial charge on any atom is -0.351 e. The molecule has 0 fully saturated rings. The van der Waals surface area contributed by atoms with E-state index in [0.717, 1.165) is 12.5 Å². The van der Waals surface area contributed by atoms with Gasteiger partial charge in [-0.3, -0.25) is 4.79 Å². The van der Waals surface area contributed by atoms with Gasteiger partial charge < -0.3 is 5.32 Å². The highest BCUT2D eigenvalue weighted by molar-refractivity contribution is 7.89. The fourth-order valence-corrected chi connectivity index (χ4v) is 3.07. The van der Waals surface area contributed by atoms with E-state index in [9.17, 15) is 17.6 Å². The van der Waals surface area contributed by atoms with Crippen LogP contribution in [0.5, 0.6) is 0 Å². The third-order valence-corrected chi connectivity index (χ3v) is 4.47. The van der Waals surface area contributed by atoms with Gasteiger partial charge in [0.25, 0.3) is 5.91 Å². The number of sulfonamides is 1. The van der Waals surface area contributed by atoms with Crippen molar-refractivity contribution in [2.45, 2.75) is 19.8 Å². The van der Waals surface area contributed by atoms with Crippen molar-refractivity contribution in [1.29, 1.82) is 0 Å². The van der Waals surface area contributed by atoms with E-state index in [-0.39, 0.29) is 29.4 Å². The van der Waals surface area contributed by atoms with Crippen molar-refractivity contribution < 1.29 is 17.6 Å². The van der Waals surface area contributed by atoms with E-state index in [1.807, 2.05) is 6.92 Å². The Hall–Kier alpha value is -1.18. The van der Waals surface area contributed by atoms with Crippen LogP contribution in [0.15, 0.2) is 18.2 Å². The molecule has 1 amide bonds. The quantitative estimate of drug-likeness (QED) is 0.712. The summed E-state index contributed by atoms with van der Waals surface area (Å²) >= 11 is 5.75. The SMILES string of the molecule is CCCCS(=O)(=O)NCCNC(=O)c1c(F)cccc1Cl. The molecular weight excluding hydrogens is 319 g/mol. The molecule has 0 saturated carbocycles. The van der Waals surface area contributed by atoms with Crippen molar-refractivity contribution in [2.24, 2.45) is 0 Å². The van der Waals surface area contributed by atoms with Gasteiger partial charge in [0.15, 0.2) is 0 Å². The van der Waals surface area contributed by atoms with Crippen molar-refractivity contribution in [3.05, 3.63) is 34.6 Å². The topological polar surface area (TPSA) is 75.3 Å². The molecule has 0 atom stereocenters. The summed E-state index contributed by atoms with van der Waals surface area (Å²) in [4.78, 5) is 11.8. The number of unbranched alkanes of at least 4 members (excludes halogenated alkanes) is 1. The molecule has 0 unspecified atom stereocenters. The molecule has 0 bridgehead atoms. The van der Waals surface area contributed by atoms with E-state index in [1.54, 1.807) is 0 Å². The molecule has 1 rings (SSSR count). The van der Waals surface area contributed by atoms with Crippen LogP contribution in [0.2, 0.25) is 5.02 Å². The molecule has 0 spiro atoms. The van der Waals surface area contributed by atoms with E-state index < -0.39 is 21.7 Å². The van der Waals surface area contributed by atoms with E-state index in [0.29, 0.717) is 6.42 Å². The van der Waals surface area contributed by atoms with E-state index in [2.05, 4.69) is 10.0 Å². The van der Waals surface area contributed by atoms with Crippen LogP contribution < -0.4 is 10.0 Å². The van der Waals surface area contributed by atoms with Gasteiger partial charge in [-0.1, -0.05) is 31.0 Å². The lowest BCUT2D eigenvalue weighted by molar-refractivity contribution is 0.0950. The predicted molar refractivity (Wildman–Crippen MR) is 80.4 cm³/mol. The summed E-state index contributed by atoms with van der Waals surface area (Å²) in [5.74, 6) is -1.34. The maximum absolute atomic E-state index is 13.5. The Balaban J connectivity index is 2.45. The van der Waals surface area contributed by atoms with Gasteiger partial charge in [-0.05, 0) is 18.6 Å². The Morgan fingerprint density at radius 2 is 2.05 bits per heavy atom. The third-order valence-electron chi connectivity index (χ3n) is 2.69. The van der Waals surface area contributed by atoms with Crippen LogP contribution >= 0.6 is 11.6 Å². The molecule has 0 radical (unpaired) electrons. The summed E-state index contributed by atoms with van der Waals surface area (Å²) in [6.45, 7) is 1.99. The summed E-state index contributed by atoms with van der Waals surface area (Å²) in [5.41, 5.74) is -0.243. The molecule has 0 aliphatic carbocycles. The Bertz CT molecular complexity index is 573. The minimum atomic E-state index is -3.32. The normalized spacial score (nSPS) is 11.4. The van der Waals surface area contributed by atoms with Crippen LogP contribution in [0.25, 0.3) is 0 Å². The molecular formula is C13H18ClFN2O3S. The zero-order valence-electron chi connectivity index (χ0n) is 11.7. The minimum absolute atomic E-state index is 0.0102. The Morgan fingerprint density at radius 1 is 1.33 bits per heavy atom. The largest absolute Gasteiger partial charge is 0.351 e. The number of hydrogen-bond donors (Lipinski definition) is 2. The Labute approximate surface area is 128 Å². The van der Waals surface area contributed by atoms with Crippen molar-refractivity contribution in [1.82, 2.24) is 10.0 Å². The van der Waals surface area contributed by atoms with Gasteiger partial charge in [0.1, 0.15) is 5.82 Å². The standard InChI is InChI=1S/C13H18ClFN2O3S/c1-2-3-9-21(19,20)17-8-7-16-13(18)12-10(14)5-4-6-11(12)15/h4-6,17H,2-3,7-9H2,1H3,(H,16,18). The molecule has 0 heterocycles. The van der Waals surface area contributed by atoms with E-state index in [1.165, 1.54) is 12.1 Å². The van der Waals surface area contributed by atoms with Gasteiger partial charge in [0, 0.05) is 13.1 Å². The summed E-state index contributed by atoms with van der Waals surface area (Å²) in [7, 11) is -3.32. The van der Waals surface area contributed by atoms with Crippen LogP contribution in [0.4, 0.5) is 4.39 Å². The number of rotatable bonds is 8. The molecule has 0 aliphatic heterocycles. The highest BCUT2D eigenvalue weighted by Gasteiger charge is 2.15. The Morgan fingerprint density at radius 3 is 2.67 bits per heavy atom. The number of carbonyl (C=O) groups is 1. The molecule has 1 aromatic carbocycles. The third kappa shape index (κ3) is 5.99. The average molecular weight is 337 g/mol. The first kappa shape index (κ1) is 17.9. The monoisotopic (exact) mass is 336 g/mol. The number of benzene rings is 1. The first-order valence-electron chi connectivity index (χ1n) is 6.57. The first-order valence-corrected chi connectivity index (χ1v) is 8.60. The molecule has 0 aromatic heterocycles. The van der Waals surface area contributed by atoms with Gasteiger partial charge in [-0.2, -0.15) is 0 Å². The smallest absolute Gasteiger partial charge is 0.255 e. The van der Waals surface area contributed by atoms with Crippen LogP contribution in [-0.4, -0.2) is 33.2 Å². The van der Waals surface area contributed by atoms with E-state index >= 15 is 0 Å². The molecule has 118 valence electrons. The Kier molecular flexibility index (Phi) is 7.07. The predicted octanol–water partition coefficient (Wildman–Crippen LogP) is 1.93. The van der Waals surface area contributed by atoms with Gasteiger partial charge in [0.2, 0.25) is 10.0 Å². The lowest BCUT2D eigenvalue weighted by atomic mass is 10.2. The fraction of sp³-hybridized carbons (Fsp3) is 0.462. The summed E-state index contributed by atoms with van der Waals surface area (Å²) in [5, 5.41) is 2.43. The molecule has 8 heteroatoms. The van der Waals surface area contributed by atoms with Crippen LogP contribution in [0.1, 0.15) is 30.1 Å². The summed E-state index contributed by atoms with van der Waals surface area (Å²) < 4.78 is 38.9. The molecule has 0 aliphatic rings. The van der Waals surface area contributed by atoms with Crippen molar-refractivity contribution >= 4 is 27.5 Å². The lowest BCUT2D eigenvalue weighted by Gasteiger charge is -2.09. The second-order valence-corrected chi connectivity index (χ2v) is 6.75. The zero-order valence-corrected chi connectivity index (χ0v) is 13.2. The van der Waals surface area contributed by atoms with Gasteiger partial charge in [0.05, 0.1) is 16.3 Å². The highest BCUT2D eigenvalue weighted by atomic mass is 35.5.